The molecule has 0 amide bonds. The highest BCUT2D eigenvalue weighted by Crippen LogP contribution is 2.34. The summed E-state index contributed by atoms with van der Waals surface area (Å²) in [6.07, 6.45) is 1.45. The molecule has 9 heavy (non-hydrogen) atoms. The maximum atomic E-state index is 8.97. The Bertz CT molecular complexity index is 69.2. The van der Waals surface area contributed by atoms with Crippen LogP contribution in [0.25, 0.3) is 0 Å². The van der Waals surface area contributed by atoms with Crippen LogP contribution in [0.1, 0.15) is 13.3 Å². The van der Waals surface area contributed by atoms with Gasteiger partial charge in [0.1, 0.15) is 5.85 Å². The molecule has 0 fully saturated rings. The lowest BCUT2D eigenvalue weighted by atomic mass is 10.6. The van der Waals surface area contributed by atoms with Crippen molar-refractivity contribution in [1.82, 2.24) is 0 Å². The molecule has 0 rings (SSSR count). The van der Waals surface area contributed by atoms with Crippen LogP contribution in [0, 0.1) is 0 Å². The van der Waals surface area contributed by atoms with Gasteiger partial charge in [-0.25, -0.2) is 0 Å². The van der Waals surface area contributed by atoms with Gasteiger partial charge in [0.2, 0.25) is 0 Å². The number of rotatable bonds is 4. The van der Waals surface area contributed by atoms with E-state index in [1.165, 1.54) is 0 Å². The molecular weight excluding hydrogens is 139 g/mol. The Morgan fingerprint density at radius 1 is 1.56 bits per heavy atom. The summed E-state index contributed by atoms with van der Waals surface area (Å²) in [6, 6.07) is 0. The second-order valence-electron chi connectivity index (χ2n) is 1.83. The number of aliphatic hydroxyl groups is 2. The smallest absolute Gasteiger partial charge is 0.120 e. The zero-order valence-corrected chi connectivity index (χ0v) is 6.38. The van der Waals surface area contributed by atoms with Gasteiger partial charge in [0.15, 0.2) is 0 Å². The molecule has 0 aliphatic rings. The van der Waals surface area contributed by atoms with Gasteiger partial charge >= 0.3 is 0 Å². The van der Waals surface area contributed by atoms with Crippen molar-refractivity contribution in [3.63, 3.8) is 0 Å². The van der Waals surface area contributed by atoms with Crippen molar-refractivity contribution in [2.24, 2.45) is 0 Å². The van der Waals surface area contributed by atoms with E-state index in [1.54, 1.807) is 0 Å². The first-order valence-electron chi connectivity index (χ1n) is 2.96. The molecule has 3 N–H and O–H groups in total. The van der Waals surface area contributed by atoms with Crippen LogP contribution in [0.5, 0.6) is 0 Å². The summed E-state index contributed by atoms with van der Waals surface area (Å²) in [5, 5.41) is 17.1. The van der Waals surface area contributed by atoms with Crippen molar-refractivity contribution >= 4 is 8.15 Å². The first-order chi connectivity index (χ1) is 4.22. The molecule has 2 atom stereocenters. The van der Waals surface area contributed by atoms with Crippen LogP contribution in [0.15, 0.2) is 0 Å². The molecule has 2 unspecified atom stereocenters. The fourth-order valence-corrected chi connectivity index (χ4v) is 1.42. The summed E-state index contributed by atoms with van der Waals surface area (Å²) in [6.45, 7) is 1.60. The number of hydrogen-bond donors (Lipinski definition) is 3. The van der Waals surface area contributed by atoms with Crippen LogP contribution in [0.4, 0.5) is 0 Å². The van der Waals surface area contributed by atoms with E-state index >= 15 is 0 Å². The summed E-state index contributed by atoms with van der Waals surface area (Å²) >= 11 is 0. The van der Waals surface area contributed by atoms with E-state index in [0.717, 1.165) is 6.42 Å². The van der Waals surface area contributed by atoms with E-state index in [4.69, 9.17) is 15.1 Å². The highest BCUT2D eigenvalue weighted by Gasteiger charge is 2.12. The minimum absolute atomic E-state index is 0.331. The summed E-state index contributed by atoms with van der Waals surface area (Å²) in [5.74, 6) is -0.903. The van der Waals surface area contributed by atoms with Gasteiger partial charge in [-0.3, -0.25) is 0 Å². The Kier molecular flexibility index (Phi) is 5.30. The minimum atomic E-state index is -1.34. The predicted molar refractivity (Wildman–Crippen MR) is 37.4 cm³/mol. The predicted octanol–water partition coefficient (Wildman–Crippen LogP) is 0.0963. The van der Waals surface area contributed by atoms with Crippen molar-refractivity contribution in [1.29, 1.82) is 0 Å². The van der Waals surface area contributed by atoms with Gasteiger partial charge in [-0.05, 0) is 12.6 Å². The summed E-state index contributed by atoms with van der Waals surface area (Å²) in [5.41, 5.74) is 0. The molecule has 0 aromatic heterocycles. The van der Waals surface area contributed by atoms with Crippen LogP contribution < -0.4 is 0 Å². The Balaban J connectivity index is 3.32. The van der Waals surface area contributed by atoms with E-state index in [2.05, 4.69) is 0 Å². The molecule has 0 saturated heterocycles. The van der Waals surface area contributed by atoms with Crippen molar-refractivity contribution in [3.8, 4) is 0 Å². The SMILES string of the molecule is CCCP(O)C(O)CO. The van der Waals surface area contributed by atoms with E-state index in [-0.39, 0.29) is 6.61 Å². The highest BCUT2D eigenvalue weighted by atomic mass is 31.1. The number of aliphatic hydroxyl groups excluding tert-OH is 2. The fraction of sp³-hybridized carbons (Fsp3) is 1.00. The Hall–Kier alpha value is 0.310. The van der Waals surface area contributed by atoms with E-state index in [1.807, 2.05) is 6.92 Å². The van der Waals surface area contributed by atoms with Crippen molar-refractivity contribution in [2.45, 2.75) is 19.2 Å². The maximum absolute atomic E-state index is 8.97. The first kappa shape index (κ1) is 9.31. The van der Waals surface area contributed by atoms with Crippen molar-refractivity contribution in [2.75, 3.05) is 12.8 Å². The molecule has 4 heteroatoms. The molecule has 0 bridgehead atoms. The van der Waals surface area contributed by atoms with Crippen LogP contribution in [-0.2, 0) is 0 Å². The van der Waals surface area contributed by atoms with E-state index in [9.17, 15) is 0 Å². The van der Waals surface area contributed by atoms with Gasteiger partial charge in [0.05, 0.1) is 14.8 Å². The van der Waals surface area contributed by atoms with Crippen LogP contribution in [0.3, 0.4) is 0 Å². The lowest BCUT2D eigenvalue weighted by molar-refractivity contribution is 0.149. The van der Waals surface area contributed by atoms with Gasteiger partial charge in [0, 0.05) is 0 Å². The quantitative estimate of drug-likeness (QED) is 0.500. The largest absolute Gasteiger partial charge is 0.393 e. The topological polar surface area (TPSA) is 60.7 Å². The van der Waals surface area contributed by atoms with Crippen LogP contribution in [-0.4, -0.2) is 33.7 Å². The van der Waals surface area contributed by atoms with Crippen molar-refractivity contribution in [3.05, 3.63) is 0 Å². The maximum Gasteiger partial charge on any atom is 0.120 e. The molecule has 3 nitrogen and oxygen atoms in total. The van der Waals surface area contributed by atoms with Gasteiger partial charge < -0.3 is 15.1 Å². The zero-order valence-electron chi connectivity index (χ0n) is 5.49. The fourth-order valence-electron chi connectivity index (χ4n) is 0.472. The molecule has 0 aromatic rings. The van der Waals surface area contributed by atoms with E-state index in [0.29, 0.717) is 6.16 Å². The monoisotopic (exact) mass is 152 g/mol. The first-order valence-corrected chi connectivity index (χ1v) is 4.51. The lowest BCUT2D eigenvalue weighted by Gasteiger charge is -2.13. The minimum Gasteiger partial charge on any atom is -0.393 e. The standard InChI is InChI=1S/C5H13O3P/c1-2-3-9(8)5(7)4-6/h5-8H,2-4H2,1H3. The third-order valence-electron chi connectivity index (χ3n) is 0.960. The Labute approximate surface area is 56.2 Å². The highest BCUT2D eigenvalue weighted by molar-refractivity contribution is 7.52. The third-order valence-corrected chi connectivity index (χ3v) is 2.72. The number of hydrogen-bond acceptors (Lipinski definition) is 3. The molecule has 0 spiro atoms. The average Bonchev–Trinajstić information content (AvgIpc) is 1.87. The van der Waals surface area contributed by atoms with Gasteiger partial charge in [-0.1, -0.05) is 6.92 Å². The van der Waals surface area contributed by atoms with Crippen LogP contribution >= 0.6 is 8.15 Å². The summed E-state index contributed by atoms with van der Waals surface area (Å²) < 4.78 is 0. The molecule has 0 aliphatic carbocycles. The third kappa shape index (κ3) is 3.82. The molecule has 0 heterocycles. The van der Waals surface area contributed by atoms with Crippen molar-refractivity contribution < 1.29 is 15.1 Å². The Morgan fingerprint density at radius 2 is 2.11 bits per heavy atom. The molecule has 0 radical (unpaired) electrons. The van der Waals surface area contributed by atoms with Crippen LogP contribution in [0.2, 0.25) is 0 Å². The van der Waals surface area contributed by atoms with Gasteiger partial charge in [-0.2, -0.15) is 0 Å². The summed E-state index contributed by atoms with van der Waals surface area (Å²) in [4.78, 5) is 8.97. The van der Waals surface area contributed by atoms with E-state index < -0.39 is 14.0 Å². The Morgan fingerprint density at radius 3 is 2.44 bits per heavy atom. The normalized spacial score (nSPS) is 17.3. The summed E-state index contributed by atoms with van der Waals surface area (Å²) in [7, 11) is -1.34. The molecular formula is C5H13O3P. The van der Waals surface area contributed by atoms with Gasteiger partial charge in [-0.15, -0.1) is 0 Å². The zero-order chi connectivity index (χ0) is 7.28. The molecule has 56 valence electrons. The average molecular weight is 152 g/mol. The van der Waals surface area contributed by atoms with Gasteiger partial charge in [0.25, 0.3) is 0 Å². The molecule has 0 saturated carbocycles. The lowest BCUT2D eigenvalue weighted by Crippen LogP contribution is -2.10. The second kappa shape index (κ2) is 5.12. The second-order valence-corrected chi connectivity index (χ2v) is 3.75. The molecule has 0 aromatic carbocycles. The molecule has 0 aliphatic heterocycles.